The smallest absolute Gasteiger partial charge is 0.329 e. The van der Waals surface area contributed by atoms with Gasteiger partial charge in [-0.2, -0.15) is 5.10 Å². The van der Waals surface area contributed by atoms with Gasteiger partial charge in [-0.3, -0.25) is 33.5 Å². The first kappa shape index (κ1) is 37.1. The molecule has 292 valence electrons. The highest BCUT2D eigenvalue weighted by Gasteiger charge is 2.46. The Kier molecular flexibility index (Phi) is 9.74. The highest BCUT2D eigenvalue weighted by Crippen LogP contribution is 2.43. The van der Waals surface area contributed by atoms with Crippen molar-refractivity contribution in [1.82, 2.24) is 34.1 Å². The second-order valence-corrected chi connectivity index (χ2v) is 15.0. The van der Waals surface area contributed by atoms with Crippen molar-refractivity contribution in [2.24, 2.45) is 13.0 Å². The molecule has 0 radical (unpaired) electrons. The van der Waals surface area contributed by atoms with Crippen molar-refractivity contribution in [3.05, 3.63) is 101 Å². The summed E-state index contributed by atoms with van der Waals surface area (Å²) in [6.07, 6.45) is 6.79. The predicted octanol–water partition coefficient (Wildman–Crippen LogP) is 6.62. The number of amides is 3. The highest BCUT2D eigenvalue weighted by atomic mass is 19.3. The van der Waals surface area contributed by atoms with Gasteiger partial charge in [0.2, 0.25) is 11.8 Å². The minimum atomic E-state index is -3.09. The fraction of sp³-hybridized carbons (Fsp3) is 0.400. The van der Waals surface area contributed by atoms with Crippen LogP contribution in [0.25, 0.3) is 21.9 Å². The molecule has 0 spiro atoms. The summed E-state index contributed by atoms with van der Waals surface area (Å²) < 4.78 is 62.7. The Hall–Kier alpha value is -5.80. The summed E-state index contributed by atoms with van der Waals surface area (Å²) in [5, 5.41) is 10.6. The van der Waals surface area contributed by atoms with Crippen molar-refractivity contribution in [3.63, 3.8) is 0 Å². The lowest BCUT2D eigenvalue weighted by molar-refractivity contribution is -0.135. The number of hydrogen-bond donors (Lipinski definition) is 2. The molecular weight excluding hydrogens is 732 g/mol. The summed E-state index contributed by atoms with van der Waals surface area (Å²) in [6, 6.07) is 13.4. The second kappa shape index (κ2) is 14.7. The molecule has 1 aliphatic carbocycles. The fourth-order valence-corrected chi connectivity index (χ4v) is 8.46. The number of imidazole rings is 1. The Labute approximate surface area is 318 Å². The van der Waals surface area contributed by atoms with Gasteiger partial charge in [0, 0.05) is 37.3 Å². The largest absolute Gasteiger partial charge is 0.372 e. The molecule has 2 aliphatic heterocycles. The van der Waals surface area contributed by atoms with E-state index in [2.05, 4.69) is 15.6 Å². The summed E-state index contributed by atoms with van der Waals surface area (Å²) in [6.45, 7) is -0.0617. The van der Waals surface area contributed by atoms with Crippen molar-refractivity contribution in [1.29, 1.82) is 0 Å². The first-order valence-electron chi connectivity index (χ1n) is 18.8. The number of piperidine rings is 2. The Morgan fingerprint density at radius 2 is 1.79 bits per heavy atom. The second-order valence-electron chi connectivity index (χ2n) is 15.0. The summed E-state index contributed by atoms with van der Waals surface area (Å²) in [5.74, 6) is -5.58. The van der Waals surface area contributed by atoms with Gasteiger partial charge < -0.3 is 10.2 Å². The van der Waals surface area contributed by atoms with Crippen LogP contribution in [0.5, 0.6) is 0 Å². The zero-order valence-electron chi connectivity index (χ0n) is 30.5. The molecule has 3 fully saturated rings. The van der Waals surface area contributed by atoms with Crippen LogP contribution >= 0.6 is 0 Å². The highest BCUT2D eigenvalue weighted by molar-refractivity contribution is 6.04. The first-order chi connectivity index (χ1) is 26.9. The van der Waals surface area contributed by atoms with Gasteiger partial charge in [-0.15, -0.1) is 0 Å². The zero-order valence-corrected chi connectivity index (χ0v) is 30.5. The Bertz CT molecular complexity index is 2430. The maximum atomic E-state index is 16.0. The number of likely N-dealkylation sites (tertiary alicyclic amines) is 1. The molecule has 12 nitrogen and oxygen atoms in total. The van der Waals surface area contributed by atoms with Gasteiger partial charge in [0.05, 0.1) is 35.1 Å². The van der Waals surface area contributed by atoms with Crippen LogP contribution in [0.4, 0.5) is 23.2 Å². The monoisotopic (exact) mass is 772 g/mol. The topological polar surface area (TPSA) is 136 Å². The Morgan fingerprint density at radius 1 is 1.00 bits per heavy atom. The molecule has 5 heterocycles. The van der Waals surface area contributed by atoms with Crippen molar-refractivity contribution in [2.75, 3.05) is 18.4 Å². The van der Waals surface area contributed by atoms with Crippen molar-refractivity contribution in [3.8, 4) is 0 Å². The van der Waals surface area contributed by atoms with Crippen LogP contribution in [0.2, 0.25) is 0 Å². The molecule has 2 atom stereocenters. The van der Waals surface area contributed by atoms with Crippen LogP contribution in [-0.4, -0.2) is 65.5 Å². The lowest BCUT2D eigenvalue weighted by atomic mass is 9.84. The molecule has 16 heteroatoms. The molecule has 2 aromatic carbocycles. The number of nitrogens with one attached hydrogen (secondary N) is 2. The van der Waals surface area contributed by atoms with Gasteiger partial charge in [0.15, 0.2) is 0 Å². The van der Waals surface area contributed by atoms with Crippen LogP contribution in [0.3, 0.4) is 0 Å². The van der Waals surface area contributed by atoms with E-state index in [1.165, 1.54) is 34.4 Å². The number of allylic oxidation sites excluding steroid dienone is 1. The molecular formula is C40H40F4N8O4. The van der Waals surface area contributed by atoms with Crippen LogP contribution in [0.15, 0.2) is 77.9 Å². The average Bonchev–Trinajstić information content (AvgIpc) is 3.71. The van der Waals surface area contributed by atoms with Crippen LogP contribution < -0.4 is 16.3 Å². The van der Waals surface area contributed by atoms with Crippen LogP contribution in [0, 0.1) is 5.92 Å². The number of rotatable bonds is 8. The number of carbonyl (C=O) groups is 3. The number of hydrogen-bond acceptors (Lipinski definition) is 7. The van der Waals surface area contributed by atoms with E-state index in [0.717, 1.165) is 36.6 Å². The van der Waals surface area contributed by atoms with E-state index >= 15 is 8.78 Å². The van der Waals surface area contributed by atoms with E-state index in [4.69, 9.17) is 5.10 Å². The lowest BCUT2D eigenvalue weighted by Gasteiger charge is -2.38. The van der Waals surface area contributed by atoms with Crippen molar-refractivity contribution >= 4 is 45.3 Å². The number of benzene rings is 2. The number of aromatic nitrogens is 5. The number of halogens is 4. The maximum absolute atomic E-state index is 16.0. The molecule has 2 saturated heterocycles. The number of para-hydroxylation sites is 1. The van der Waals surface area contributed by atoms with Gasteiger partial charge >= 0.3 is 5.69 Å². The number of aryl methyl sites for hydroxylation is 1. The summed E-state index contributed by atoms with van der Waals surface area (Å²) in [4.78, 5) is 55.8. The molecule has 1 saturated carbocycles. The molecule has 3 aliphatic rings. The van der Waals surface area contributed by atoms with Gasteiger partial charge in [-0.25, -0.2) is 27.3 Å². The maximum Gasteiger partial charge on any atom is 0.329 e. The first-order valence-corrected chi connectivity index (χ1v) is 18.8. The molecule has 8 rings (SSSR count). The number of anilines is 1. The van der Waals surface area contributed by atoms with Gasteiger partial charge in [0.1, 0.15) is 17.4 Å². The van der Waals surface area contributed by atoms with E-state index in [-0.39, 0.29) is 36.9 Å². The van der Waals surface area contributed by atoms with Gasteiger partial charge in [-0.05, 0) is 92.6 Å². The summed E-state index contributed by atoms with van der Waals surface area (Å²) in [7, 11) is 1.52. The van der Waals surface area contributed by atoms with Crippen molar-refractivity contribution < 1.29 is 31.9 Å². The van der Waals surface area contributed by atoms with E-state index < -0.39 is 60.0 Å². The normalized spacial score (nSPS) is 23.0. The molecule has 3 aromatic heterocycles. The standard InChI is InChI=1S/C40H40F4N8O4/c1-49-35-27(4-2-7-32(35)52(39(49)56)33-14-15-34(53)47-38(33)55)28-17-19-50(22-40(28,43)44)18-16-23-8-11-26(12-9-23)51-21-24-20-25(10-13-29(24)48-51)45-37(54)31-6-3-5-30(46-31)36(41)42/h2-7,10,13,16,18,20-21,23,26,28,33,36H,8-9,11-12,14-15,17,19,22H2,1H3,(H,45,54)(H,47,53,55)/b18-16+. The van der Waals surface area contributed by atoms with Crippen LogP contribution in [0.1, 0.15) is 91.1 Å². The van der Waals surface area contributed by atoms with Crippen molar-refractivity contribution in [2.45, 2.75) is 75.3 Å². The van der Waals surface area contributed by atoms with E-state index in [1.54, 1.807) is 47.5 Å². The minimum Gasteiger partial charge on any atom is -0.372 e. The fourth-order valence-electron chi connectivity index (χ4n) is 8.46. The van der Waals surface area contributed by atoms with E-state index in [0.29, 0.717) is 28.8 Å². The lowest BCUT2D eigenvalue weighted by Crippen LogP contribution is -2.45. The summed E-state index contributed by atoms with van der Waals surface area (Å²) in [5.41, 5.74) is 1.30. The third-order valence-corrected chi connectivity index (χ3v) is 11.4. The molecule has 0 bridgehead atoms. The summed E-state index contributed by atoms with van der Waals surface area (Å²) >= 11 is 0. The SMILES string of the molecule is Cn1c(=O)n(C2CCC(=O)NC2=O)c2cccc(C3CCN(/C=C/C4CCC(n5cc6cc(NC(=O)c7cccc(C(F)F)n7)ccc6n5)CC4)CC3(F)F)c21. The van der Waals surface area contributed by atoms with Crippen LogP contribution in [-0.2, 0) is 16.6 Å². The van der Waals surface area contributed by atoms with E-state index in [1.807, 2.05) is 17.0 Å². The van der Waals surface area contributed by atoms with Gasteiger partial charge in [0.25, 0.3) is 18.3 Å². The third-order valence-electron chi connectivity index (χ3n) is 11.4. The number of nitrogens with zero attached hydrogens (tertiary/aromatic N) is 6. The molecule has 5 aromatic rings. The molecule has 2 N–H and O–H groups in total. The molecule has 3 amide bonds. The predicted molar refractivity (Wildman–Crippen MR) is 199 cm³/mol. The van der Waals surface area contributed by atoms with E-state index in [9.17, 15) is 28.0 Å². The number of imide groups is 1. The zero-order chi connectivity index (χ0) is 39.3. The number of carbonyl (C=O) groups excluding carboxylic acids is 3. The Balaban J connectivity index is 0.886. The minimum absolute atomic E-state index is 0.0868. The number of fused-ring (bicyclic) bond motifs is 2. The third kappa shape index (κ3) is 7.07. The molecule has 2 unspecified atom stereocenters. The number of alkyl halides is 4. The Morgan fingerprint density at radius 3 is 2.54 bits per heavy atom. The quantitative estimate of drug-likeness (QED) is 0.134. The molecule has 56 heavy (non-hydrogen) atoms. The van der Waals surface area contributed by atoms with Gasteiger partial charge in [-0.1, -0.05) is 24.3 Å². The average molecular weight is 773 g/mol. The number of pyridine rings is 1.